The summed E-state index contributed by atoms with van der Waals surface area (Å²) in [6, 6.07) is 13.1. The van der Waals surface area contributed by atoms with Crippen LogP contribution in [0.4, 0.5) is 0 Å². The van der Waals surface area contributed by atoms with Crippen LogP contribution in [0.15, 0.2) is 53.5 Å². The molecule has 2 atom stereocenters. The molecule has 3 aromatic rings. The summed E-state index contributed by atoms with van der Waals surface area (Å²) in [5, 5.41) is 9.31. The van der Waals surface area contributed by atoms with Crippen LogP contribution in [0, 0.1) is 5.92 Å². The third-order valence-corrected chi connectivity index (χ3v) is 4.93. The van der Waals surface area contributed by atoms with Gasteiger partial charge in [-0.3, -0.25) is 10.2 Å². The number of hydrazine groups is 1. The minimum atomic E-state index is -0.525. The van der Waals surface area contributed by atoms with Gasteiger partial charge in [-0.25, -0.2) is 10.8 Å². The number of nitrogens with two attached hydrogens (primary N) is 1. The Bertz CT molecular complexity index is 1020. The minimum absolute atomic E-state index is 0.0115. The maximum atomic E-state index is 11.7. The number of aromatic nitrogens is 1. The molecule has 0 saturated heterocycles. The molecule has 0 fully saturated rings. The molecule has 1 aromatic heterocycles. The summed E-state index contributed by atoms with van der Waals surface area (Å²) in [5.41, 5.74) is 6.15. The van der Waals surface area contributed by atoms with E-state index in [-0.39, 0.29) is 24.9 Å². The number of benzene rings is 2. The van der Waals surface area contributed by atoms with Crippen LogP contribution in [-0.2, 0) is 4.79 Å². The average molecular weight is 409 g/mol. The molecule has 3 rings (SSSR count). The second-order valence-corrected chi connectivity index (χ2v) is 7.29. The van der Waals surface area contributed by atoms with E-state index in [0.717, 1.165) is 28.6 Å². The zero-order valence-corrected chi connectivity index (χ0v) is 17.2. The van der Waals surface area contributed by atoms with E-state index in [9.17, 15) is 9.90 Å². The number of aliphatic hydroxyl groups excluding tert-OH is 1. The SMILES string of the molecule is C=C(c1ccc2nc(-c3ccc(OCC(C)O)cc3)oc2c1)C(CC)CC(=O)NN. The molecular weight excluding hydrogens is 382 g/mol. The Kier molecular flexibility index (Phi) is 6.87. The van der Waals surface area contributed by atoms with Crippen molar-refractivity contribution >= 4 is 22.6 Å². The molecule has 1 amide bonds. The second kappa shape index (κ2) is 9.56. The number of hydrogen-bond acceptors (Lipinski definition) is 6. The monoisotopic (exact) mass is 409 g/mol. The Balaban J connectivity index is 1.80. The molecule has 1 heterocycles. The molecule has 0 radical (unpaired) electrons. The van der Waals surface area contributed by atoms with Gasteiger partial charge in [0.05, 0.1) is 6.10 Å². The molecule has 2 aromatic carbocycles. The maximum absolute atomic E-state index is 11.7. The number of carbonyl (C=O) groups excluding carboxylic acids is 1. The molecule has 0 aliphatic carbocycles. The summed E-state index contributed by atoms with van der Waals surface area (Å²) in [6.07, 6.45) is 0.535. The third-order valence-electron chi connectivity index (χ3n) is 4.93. The summed E-state index contributed by atoms with van der Waals surface area (Å²) >= 11 is 0. The molecule has 30 heavy (non-hydrogen) atoms. The highest BCUT2D eigenvalue weighted by Gasteiger charge is 2.17. The van der Waals surface area contributed by atoms with Gasteiger partial charge in [-0.15, -0.1) is 0 Å². The second-order valence-electron chi connectivity index (χ2n) is 7.29. The minimum Gasteiger partial charge on any atom is -0.491 e. The standard InChI is InChI=1S/C23H27N3O4/c1-4-16(12-22(28)26-24)15(3)18-7-10-20-21(11-18)30-23(25-20)17-5-8-19(9-6-17)29-13-14(2)27/h5-11,14,16,27H,3-4,12-13,24H2,1-2H3,(H,26,28). The fraction of sp³-hybridized carbons (Fsp3) is 0.304. The Hall–Kier alpha value is -3.16. The molecule has 0 aliphatic heterocycles. The zero-order chi connectivity index (χ0) is 21.7. The van der Waals surface area contributed by atoms with E-state index in [1.807, 2.05) is 49.4 Å². The van der Waals surface area contributed by atoms with Crippen LogP contribution < -0.4 is 16.0 Å². The molecule has 0 spiro atoms. The molecule has 7 heteroatoms. The van der Waals surface area contributed by atoms with E-state index in [4.69, 9.17) is 15.0 Å². The molecule has 7 nitrogen and oxygen atoms in total. The van der Waals surface area contributed by atoms with Crippen LogP contribution >= 0.6 is 0 Å². The van der Waals surface area contributed by atoms with Crippen molar-refractivity contribution in [2.75, 3.05) is 6.61 Å². The summed E-state index contributed by atoms with van der Waals surface area (Å²) < 4.78 is 11.4. The number of hydrogen-bond donors (Lipinski definition) is 3. The first kappa shape index (κ1) is 21.5. The molecule has 0 aliphatic rings. The van der Waals surface area contributed by atoms with E-state index in [1.54, 1.807) is 6.92 Å². The van der Waals surface area contributed by atoms with Crippen molar-refractivity contribution in [2.45, 2.75) is 32.8 Å². The quantitative estimate of drug-likeness (QED) is 0.282. The Morgan fingerprint density at radius 3 is 2.67 bits per heavy atom. The number of ether oxygens (including phenoxy) is 1. The van der Waals surface area contributed by atoms with Crippen molar-refractivity contribution < 1.29 is 19.1 Å². The lowest BCUT2D eigenvalue weighted by molar-refractivity contribution is -0.121. The Morgan fingerprint density at radius 2 is 2.03 bits per heavy atom. The van der Waals surface area contributed by atoms with Gasteiger partial charge in [0, 0.05) is 12.0 Å². The van der Waals surface area contributed by atoms with Crippen molar-refractivity contribution in [3.63, 3.8) is 0 Å². The fourth-order valence-electron chi connectivity index (χ4n) is 3.19. The number of nitrogens with one attached hydrogen (secondary N) is 1. The molecular formula is C23H27N3O4. The first-order valence-electron chi connectivity index (χ1n) is 9.91. The van der Waals surface area contributed by atoms with Gasteiger partial charge in [0.2, 0.25) is 11.8 Å². The number of oxazole rings is 1. The molecule has 2 unspecified atom stereocenters. The predicted octanol–water partition coefficient (Wildman–Crippen LogP) is 3.67. The smallest absolute Gasteiger partial charge is 0.234 e. The lowest BCUT2D eigenvalue weighted by atomic mass is 9.89. The number of aliphatic hydroxyl groups is 1. The topological polar surface area (TPSA) is 111 Å². The number of carbonyl (C=O) groups is 1. The van der Waals surface area contributed by atoms with Gasteiger partial charge in [0.15, 0.2) is 5.58 Å². The number of allylic oxidation sites excluding steroid dienone is 1. The summed E-state index contributed by atoms with van der Waals surface area (Å²) in [4.78, 5) is 16.2. The van der Waals surface area contributed by atoms with Crippen molar-refractivity contribution in [3.8, 4) is 17.2 Å². The van der Waals surface area contributed by atoms with Crippen LogP contribution in [0.25, 0.3) is 28.1 Å². The normalized spacial score (nSPS) is 13.1. The summed E-state index contributed by atoms with van der Waals surface area (Å²) in [6.45, 7) is 8.10. The van der Waals surface area contributed by atoms with E-state index in [2.05, 4.69) is 17.0 Å². The van der Waals surface area contributed by atoms with Crippen LogP contribution in [0.3, 0.4) is 0 Å². The van der Waals surface area contributed by atoms with Crippen LogP contribution in [-0.4, -0.2) is 28.7 Å². The van der Waals surface area contributed by atoms with E-state index < -0.39 is 6.10 Å². The van der Waals surface area contributed by atoms with Crippen LogP contribution in [0.2, 0.25) is 0 Å². The van der Waals surface area contributed by atoms with Gasteiger partial charge in [-0.05, 0) is 66.8 Å². The van der Waals surface area contributed by atoms with Crippen LogP contribution in [0.1, 0.15) is 32.3 Å². The first-order valence-corrected chi connectivity index (χ1v) is 9.91. The van der Waals surface area contributed by atoms with Crippen molar-refractivity contribution in [2.24, 2.45) is 11.8 Å². The van der Waals surface area contributed by atoms with Crippen molar-refractivity contribution in [3.05, 3.63) is 54.6 Å². The highest BCUT2D eigenvalue weighted by molar-refractivity contribution is 5.83. The van der Waals surface area contributed by atoms with Gasteiger partial charge in [-0.2, -0.15) is 0 Å². The molecule has 0 saturated carbocycles. The van der Waals surface area contributed by atoms with Gasteiger partial charge < -0.3 is 14.3 Å². The lowest BCUT2D eigenvalue weighted by Crippen LogP contribution is -2.31. The fourth-order valence-corrected chi connectivity index (χ4v) is 3.19. The molecule has 0 bridgehead atoms. The largest absolute Gasteiger partial charge is 0.491 e. The van der Waals surface area contributed by atoms with E-state index in [0.29, 0.717) is 17.2 Å². The zero-order valence-electron chi connectivity index (χ0n) is 17.2. The number of rotatable bonds is 9. The van der Waals surface area contributed by atoms with Gasteiger partial charge in [0.1, 0.15) is 17.9 Å². The average Bonchev–Trinajstić information content (AvgIpc) is 3.19. The maximum Gasteiger partial charge on any atom is 0.234 e. The predicted molar refractivity (Wildman–Crippen MR) is 116 cm³/mol. The highest BCUT2D eigenvalue weighted by Crippen LogP contribution is 2.31. The van der Waals surface area contributed by atoms with E-state index >= 15 is 0 Å². The Morgan fingerprint density at radius 1 is 1.30 bits per heavy atom. The Labute approximate surface area is 175 Å². The van der Waals surface area contributed by atoms with Crippen molar-refractivity contribution in [1.29, 1.82) is 0 Å². The number of amides is 1. The van der Waals surface area contributed by atoms with Gasteiger partial charge >= 0.3 is 0 Å². The molecule has 4 N–H and O–H groups in total. The highest BCUT2D eigenvalue weighted by atomic mass is 16.5. The first-order chi connectivity index (χ1) is 14.4. The summed E-state index contributed by atoms with van der Waals surface area (Å²) in [7, 11) is 0. The third kappa shape index (κ3) is 5.06. The van der Waals surface area contributed by atoms with E-state index in [1.165, 1.54) is 0 Å². The number of nitrogens with zero attached hydrogens (tertiary/aromatic N) is 1. The number of fused-ring (bicyclic) bond motifs is 1. The van der Waals surface area contributed by atoms with Gasteiger partial charge in [0.25, 0.3) is 0 Å². The van der Waals surface area contributed by atoms with Crippen molar-refractivity contribution in [1.82, 2.24) is 10.4 Å². The van der Waals surface area contributed by atoms with Crippen LogP contribution in [0.5, 0.6) is 5.75 Å². The lowest BCUT2D eigenvalue weighted by Gasteiger charge is -2.17. The van der Waals surface area contributed by atoms with Gasteiger partial charge in [-0.1, -0.05) is 19.6 Å². The molecule has 158 valence electrons. The summed E-state index contributed by atoms with van der Waals surface area (Å²) in [5.74, 6) is 6.16.